The summed E-state index contributed by atoms with van der Waals surface area (Å²) in [7, 11) is 0. The van der Waals surface area contributed by atoms with Gasteiger partial charge in [0.15, 0.2) is 0 Å². The van der Waals surface area contributed by atoms with E-state index >= 15 is 0 Å². The van der Waals surface area contributed by atoms with Crippen LogP contribution in [0.15, 0.2) is 194 Å². The van der Waals surface area contributed by atoms with Crippen LogP contribution in [0.25, 0.3) is 99.6 Å². The number of hydrogen-bond acceptors (Lipinski definition) is 6. The van der Waals surface area contributed by atoms with Gasteiger partial charge in [-0.25, -0.2) is 4.98 Å². The molecule has 0 spiro atoms. The Balaban J connectivity index is 0.00000749. The van der Waals surface area contributed by atoms with Crippen LogP contribution in [0.5, 0.6) is 11.5 Å². The third-order valence-corrected chi connectivity index (χ3v) is 18.5. The van der Waals surface area contributed by atoms with Crippen molar-refractivity contribution in [3.63, 3.8) is 0 Å². The number of aromatic nitrogens is 5. The number of para-hydroxylation sites is 5. The zero-order valence-corrected chi connectivity index (χ0v) is 58.2. The Morgan fingerprint density at radius 2 is 0.946 bits per heavy atom. The predicted octanol–water partition coefficient (Wildman–Crippen LogP) is 22.3. The molecule has 0 bridgehead atoms. The van der Waals surface area contributed by atoms with Crippen LogP contribution in [0.2, 0.25) is 0 Å². The largest absolute Gasteiger partial charge is 0.509 e. The topological polar surface area (TPSA) is 64.2 Å². The predicted molar refractivity (Wildman–Crippen MR) is 383 cm³/mol. The average molecular weight is 1400 g/mol. The molecule has 0 radical (unpaired) electrons. The fraction of sp³-hybridized carbons (Fsp3) is 0.238. The first-order valence-corrected chi connectivity index (χ1v) is 32.3. The second-order valence-electron chi connectivity index (χ2n) is 30.3. The van der Waals surface area contributed by atoms with Crippen LogP contribution >= 0.6 is 0 Å². The molecule has 0 amide bonds. The summed E-state index contributed by atoms with van der Waals surface area (Å²) in [6, 6.07) is 76.2. The molecule has 0 aliphatic carbocycles. The molecular formula is C84H78N7OPt-3. The van der Waals surface area contributed by atoms with E-state index in [9.17, 15) is 0 Å². The SMILES string of the molecule is CC(C)(C)c1ccnc(-n2c3[c-]c(Oc4[c-]c(N5[CH-]N(c6c(-c7cc(C(C)(C)C)nc(C(C)(C)C)c7)cccc6-c6cc(C(C)(C)C)nc(C(C)(C)C)c6)c6ccccc65)ccc4)ccc3c3c4c(ccc32)-n2c3ccccc3c3cccc(c32)-c2ccccc2-4)c1.[Pt]. The summed E-state index contributed by atoms with van der Waals surface area (Å²) in [6.07, 6.45) is 1.94. The average Bonchev–Trinajstić information content (AvgIpc) is 1.55. The fourth-order valence-electron chi connectivity index (χ4n) is 13.6. The van der Waals surface area contributed by atoms with Gasteiger partial charge in [0.2, 0.25) is 0 Å². The Hall–Kier alpha value is -9.10. The second-order valence-corrected chi connectivity index (χ2v) is 30.3. The van der Waals surface area contributed by atoms with Crippen LogP contribution in [0.4, 0.5) is 22.7 Å². The van der Waals surface area contributed by atoms with Gasteiger partial charge >= 0.3 is 0 Å². The van der Waals surface area contributed by atoms with Gasteiger partial charge in [-0.3, -0.25) is 9.97 Å². The van der Waals surface area contributed by atoms with Gasteiger partial charge in [0.25, 0.3) is 0 Å². The van der Waals surface area contributed by atoms with E-state index in [0.29, 0.717) is 11.5 Å². The molecule has 8 aromatic carbocycles. The molecule has 7 heterocycles. The minimum absolute atomic E-state index is 0. The maximum absolute atomic E-state index is 7.05. The number of hydrogen-bond donors (Lipinski definition) is 0. The molecule has 0 atom stereocenters. The smallest absolute Gasteiger partial charge is 0.135 e. The number of fused-ring (bicyclic) bond motifs is 13. The van der Waals surface area contributed by atoms with E-state index in [1.54, 1.807) is 0 Å². The molecule has 9 heteroatoms. The van der Waals surface area contributed by atoms with Gasteiger partial charge in [-0.2, -0.15) is 12.1 Å². The van der Waals surface area contributed by atoms with Gasteiger partial charge in [-0.15, -0.1) is 48.1 Å². The minimum atomic E-state index is -0.197. The van der Waals surface area contributed by atoms with E-state index < -0.39 is 0 Å². The molecule has 15 rings (SSSR count). The summed E-state index contributed by atoms with van der Waals surface area (Å²) in [5.74, 6) is 1.94. The van der Waals surface area contributed by atoms with Gasteiger partial charge in [-0.1, -0.05) is 200 Å². The van der Waals surface area contributed by atoms with Crippen LogP contribution in [0.1, 0.15) is 132 Å². The van der Waals surface area contributed by atoms with Crippen molar-refractivity contribution < 1.29 is 25.8 Å². The molecule has 0 saturated heterocycles. The Labute approximate surface area is 562 Å². The first kappa shape index (κ1) is 61.4. The van der Waals surface area contributed by atoms with E-state index in [0.717, 1.165) is 107 Å². The Kier molecular flexibility index (Phi) is 14.5. The van der Waals surface area contributed by atoms with Gasteiger partial charge in [0.05, 0.1) is 16.7 Å². The quantitative estimate of drug-likeness (QED) is 0.148. The van der Waals surface area contributed by atoms with Gasteiger partial charge < -0.3 is 23.7 Å². The van der Waals surface area contributed by atoms with Crippen molar-refractivity contribution in [2.45, 2.75) is 131 Å². The summed E-state index contributed by atoms with van der Waals surface area (Å²) in [5, 5.41) is 4.65. The summed E-state index contributed by atoms with van der Waals surface area (Å²) >= 11 is 0. The zero-order valence-electron chi connectivity index (χ0n) is 55.9. The molecule has 93 heavy (non-hydrogen) atoms. The standard InChI is InChI=1S/C84H78N7O.Pt/c1-80(2,3)53-41-42-85-75(47-53)90-68-39-40-69-76(61-29-17-16-27-59(61)62-32-24-33-63-60-28-18-19-34-65(60)91(69)79(62)63)77(68)64-38-37-56(49-70(64)90)92-55-26-22-25-54(48-55)88-50-89(67-36-21-20-35-66(67)88)78-57(51-43-71(81(4,5)6)86-72(44-51)82(7,8)9)30-23-31-58(78)52-45-73(83(10,11)12)87-74(46-52)84(13,14)15;/h16-47,50H,1-15H3;/q-3;. The van der Waals surface area contributed by atoms with Crippen molar-refractivity contribution in [2.24, 2.45) is 0 Å². The number of nitrogens with zero attached hydrogens (tertiary/aromatic N) is 7. The first-order chi connectivity index (χ1) is 43.8. The van der Waals surface area contributed by atoms with Crippen molar-refractivity contribution in [3.05, 3.63) is 241 Å². The van der Waals surface area contributed by atoms with Gasteiger partial charge in [-0.05, 0) is 105 Å². The minimum Gasteiger partial charge on any atom is -0.509 e. The monoisotopic (exact) mass is 1400 g/mol. The van der Waals surface area contributed by atoms with Crippen LogP contribution in [-0.2, 0) is 48.1 Å². The molecule has 5 aromatic heterocycles. The van der Waals surface area contributed by atoms with Crippen LogP contribution in [0.3, 0.4) is 0 Å². The number of pyridine rings is 3. The molecule has 0 N–H and O–H groups in total. The van der Waals surface area contributed by atoms with E-state index in [2.05, 4.69) is 324 Å². The van der Waals surface area contributed by atoms with Gasteiger partial charge in [0, 0.05) is 139 Å². The van der Waals surface area contributed by atoms with Gasteiger partial charge in [0.1, 0.15) is 5.82 Å². The Morgan fingerprint density at radius 3 is 1.58 bits per heavy atom. The number of ether oxygens (including phenoxy) is 1. The maximum Gasteiger partial charge on any atom is 0.135 e. The number of benzene rings is 8. The van der Waals surface area contributed by atoms with Crippen molar-refractivity contribution in [1.82, 2.24) is 24.1 Å². The van der Waals surface area contributed by atoms with Crippen molar-refractivity contribution in [2.75, 3.05) is 9.80 Å². The summed E-state index contributed by atoms with van der Waals surface area (Å²) in [6.45, 7) is 36.1. The van der Waals surface area contributed by atoms with Crippen molar-refractivity contribution in [1.29, 1.82) is 0 Å². The molecule has 468 valence electrons. The fourth-order valence-corrected chi connectivity index (χ4v) is 13.6. The van der Waals surface area contributed by atoms with E-state index in [4.69, 9.17) is 19.7 Å². The van der Waals surface area contributed by atoms with Crippen LogP contribution in [-0.4, -0.2) is 24.1 Å². The maximum atomic E-state index is 7.05. The Morgan fingerprint density at radius 1 is 0.409 bits per heavy atom. The summed E-state index contributed by atoms with van der Waals surface area (Å²) in [4.78, 5) is 20.5. The molecule has 2 aliphatic heterocycles. The van der Waals surface area contributed by atoms with Crippen LogP contribution in [0, 0.1) is 18.8 Å². The van der Waals surface area contributed by atoms with Crippen molar-refractivity contribution >= 4 is 66.4 Å². The zero-order chi connectivity index (χ0) is 64.1. The van der Waals surface area contributed by atoms with E-state index in [1.807, 2.05) is 12.3 Å². The Bertz CT molecular complexity index is 5010. The molecule has 0 fully saturated rings. The normalized spacial score (nSPS) is 13.4. The molecule has 0 saturated carbocycles. The summed E-state index contributed by atoms with van der Waals surface area (Å²) in [5.41, 5.74) is 23.0. The molecule has 8 nitrogen and oxygen atoms in total. The summed E-state index contributed by atoms with van der Waals surface area (Å²) < 4.78 is 11.8. The van der Waals surface area contributed by atoms with E-state index in [-0.39, 0.29) is 48.1 Å². The third kappa shape index (κ3) is 10.4. The molecular weight excluding hydrogens is 1320 g/mol. The molecule has 0 unspecified atom stereocenters. The molecule has 2 aliphatic rings. The third-order valence-electron chi connectivity index (χ3n) is 18.5. The van der Waals surface area contributed by atoms with Crippen molar-refractivity contribution in [3.8, 4) is 67.5 Å². The van der Waals surface area contributed by atoms with Crippen LogP contribution < -0.4 is 14.5 Å². The second kappa shape index (κ2) is 22.0. The number of rotatable bonds is 7. The first-order valence-electron chi connectivity index (χ1n) is 32.3. The number of anilines is 4. The molecule has 13 aromatic rings. The van der Waals surface area contributed by atoms with E-state index in [1.165, 1.54) is 44.1 Å².